The summed E-state index contributed by atoms with van der Waals surface area (Å²) >= 11 is 0. The molecule has 0 aliphatic heterocycles. The zero-order valence-electron chi connectivity index (χ0n) is 15.1. The molecule has 146 valence electrons. The first-order valence-electron chi connectivity index (χ1n) is 8.00. The molecule has 0 unspecified atom stereocenters. The summed E-state index contributed by atoms with van der Waals surface area (Å²) in [6.45, 7) is 1.35. The Morgan fingerprint density at radius 3 is 2.48 bits per heavy atom. The molecule has 0 fully saturated rings. The predicted molar refractivity (Wildman–Crippen MR) is 96.2 cm³/mol. The lowest BCUT2D eigenvalue weighted by molar-refractivity contribution is -0.116. The SMILES string of the molecule is CCOC(=O)c1cc(S(=O)(=O)N(C)CC(=O)Nc2ccc(F)cc2)cn1C. The Bertz CT molecular complexity index is 938. The lowest BCUT2D eigenvalue weighted by atomic mass is 10.3. The van der Waals surface area contributed by atoms with Crippen molar-refractivity contribution in [3.05, 3.63) is 48.0 Å². The summed E-state index contributed by atoms with van der Waals surface area (Å²) in [5, 5.41) is 2.48. The first-order valence-corrected chi connectivity index (χ1v) is 9.44. The number of aryl methyl sites for hydroxylation is 1. The molecule has 0 atom stereocenters. The minimum atomic E-state index is -4.00. The Hall–Kier alpha value is -2.72. The van der Waals surface area contributed by atoms with Gasteiger partial charge in [0.2, 0.25) is 15.9 Å². The topological polar surface area (TPSA) is 97.7 Å². The fraction of sp³-hybridized carbons (Fsp3) is 0.294. The van der Waals surface area contributed by atoms with Gasteiger partial charge in [-0.2, -0.15) is 4.31 Å². The average Bonchev–Trinajstić information content (AvgIpc) is 2.99. The standard InChI is InChI=1S/C17H20FN3O5S/c1-4-26-17(23)15-9-14(10-20(15)2)27(24,25)21(3)11-16(22)19-13-7-5-12(18)6-8-13/h5-10H,4,11H2,1-3H3,(H,19,22). The van der Waals surface area contributed by atoms with Crippen LogP contribution in [0.25, 0.3) is 0 Å². The van der Waals surface area contributed by atoms with Gasteiger partial charge in [-0.15, -0.1) is 0 Å². The van der Waals surface area contributed by atoms with E-state index in [9.17, 15) is 22.4 Å². The Labute approximate surface area is 156 Å². The number of halogens is 1. The van der Waals surface area contributed by atoms with Gasteiger partial charge >= 0.3 is 5.97 Å². The second-order valence-electron chi connectivity index (χ2n) is 5.71. The van der Waals surface area contributed by atoms with Crippen LogP contribution >= 0.6 is 0 Å². The molecule has 1 heterocycles. The molecule has 10 heteroatoms. The predicted octanol–water partition coefficient (Wildman–Crippen LogP) is 1.60. The summed E-state index contributed by atoms with van der Waals surface area (Å²) in [6.07, 6.45) is 1.27. The summed E-state index contributed by atoms with van der Waals surface area (Å²) in [5.74, 6) is -1.68. The van der Waals surface area contributed by atoms with Crippen LogP contribution in [0, 0.1) is 5.82 Å². The normalized spacial score (nSPS) is 11.4. The average molecular weight is 397 g/mol. The summed E-state index contributed by atoms with van der Waals surface area (Å²) in [7, 11) is -1.23. The third-order valence-electron chi connectivity index (χ3n) is 3.67. The first kappa shape index (κ1) is 20.6. The summed E-state index contributed by atoms with van der Waals surface area (Å²) in [4.78, 5) is 23.8. The van der Waals surface area contributed by atoms with Gasteiger partial charge in [-0.05, 0) is 37.3 Å². The molecule has 0 bridgehead atoms. The van der Waals surface area contributed by atoms with Gasteiger partial charge in [-0.1, -0.05) is 0 Å². The summed E-state index contributed by atoms with van der Waals surface area (Å²) < 4.78 is 45.2. The molecule has 0 spiro atoms. The second kappa shape index (κ2) is 8.31. The van der Waals surface area contributed by atoms with Gasteiger partial charge in [0.05, 0.1) is 13.2 Å². The van der Waals surface area contributed by atoms with Crippen molar-refractivity contribution in [2.45, 2.75) is 11.8 Å². The monoisotopic (exact) mass is 397 g/mol. The number of sulfonamides is 1. The molecule has 0 aliphatic carbocycles. The van der Waals surface area contributed by atoms with Crippen molar-refractivity contribution in [1.29, 1.82) is 0 Å². The highest BCUT2D eigenvalue weighted by molar-refractivity contribution is 7.89. The molecule has 1 N–H and O–H groups in total. The molecular formula is C17H20FN3O5S. The van der Waals surface area contributed by atoms with Crippen LogP contribution in [-0.2, 0) is 26.6 Å². The van der Waals surface area contributed by atoms with E-state index in [1.165, 1.54) is 55.2 Å². The van der Waals surface area contributed by atoms with E-state index in [1.54, 1.807) is 6.92 Å². The number of amides is 1. The van der Waals surface area contributed by atoms with Crippen molar-refractivity contribution in [3.8, 4) is 0 Å². The summed E-state index contributed by atoms with van der Waals surface area (Å²) in [5.41, 5.74) is 0.427. The number of nitrogens with zero attached hydrogens (tertiary/aromatic N) is 2. The third kappa shape index (κ3) is 4.92. The van der Waals surface area contributed by atoms with Crippen LogP contribution < -0.4 is 5.32 Å². The Kier molecular flexibility index (Phi) is 6.34. The second-order valence-corrected chi connectivity index (χ2v) is 7.75. The smallest absolute Gasteiger partial charge is 0.354 e. The van der Waals surface area contributed by atoms with E-state index in [2.05, 4.69) is 5.32 Å². The maximum Gasteiger partial charge on any atom is 0.354 e. The van der Waals surface area contributed by atoms with E-state index in [0.29, 0.717) is 5.69 Å². The van der Waals surface area contributed by atoms with Crippen molar-refractivity contribution in [2.75, 3.05) is 25.5 Å². The highest BCUT2D eigenvalue weighted by atomic mass is 32.2. The first-order chi connectivity index (χ1) is 12.6. The van der Waals surface area contributed by atoms with Gasteiger partial charge < -0.3 is 14.6 Å². The summed E-state index contributed by atoms with van der Waals surface area (Å²) in [6, 6.07) is 6.28. The van der Waals surface area contributed by atoms with E-state index in [1.807, 2.05) is 0 Å². The molecular weight excluding hydrogens is 377 g/mol. The number of aromatic nitrogens is 1. The number of carbonyl (C=O) groups is 2. The maximum atomic E-state index is 12.9. The van der Waals surface area contributed by atoms with Crippen molar-refractivity contribution < 1.29 is 27.1 Å². The number of likely N-dealkylation sites (N-methyl/N-ethyl adjacent to an activating group) is 1. The molecule has 0 radical (unpaired) electrons. The van der Waals surface area contributed by atoms with Gasteiger partial charge in [-0.25, -0.2) is 17.6 Å². The molecule has 1 amide bonds. The zero-order valence-corrected chi connectivity index (χ0v) is 15.9. The van der Waals surface area contributed by atoms with Crippen LogP contribution in [-0.4, -0.2) is 49.4 Å². The number of carbonyl (C=O) groups excluding carboxylic acids is 2. The molecule has 0 saturated heterocycles. The molecule has 2 aromatic rings. The van der Waals surface area contributed by atoms with Gasteiger partial charge in [0.15, 0.2) is 0 Å². The van der Waals surface area contributed by atoms with E-state index >= 15 is 0 Å². The van der Waals surface area contributed by atoms with Gasteiger partial charge in [0.1, 0.15) is 16.4 Å². The van der Waals surface area contributed by atoms with E-state index in [0.717, 1.165) is 4.31 Å². The van der Waals surface area contributed by atoms with E-state index in [4.69, 9.17) is 4.74 Å². The quantitative estimate of drug-likeness (QED) is 0.716. The highest BCUT2D eigenvalue weighted by Gasteiger charge is 2.26. The van der Waals surface area contributed by atoms with Crippen molar-refractivity contribution in [2.24, 2.45) is 7.05 Å². The van der Waals surface area contributed by atoms with Crippen LogP contribution in [0.15, 0.2) is 41.4 Å². The van der Waals surface area contributed by atoms with Gasteiger partial charge in [-0.3, -0.25) is 4.79 Å². The third-order valence-corrected chi connectivity index (χ3v) is 5.44. The fourth-order valence-electron chi connectivity index (χ4n) is 2.28. The minimum absolute atomic E-state index is 0.0830. The highest BCUT2D eigenvalue weighted by Crippen LogP contribution is 2.18. The van der Waals surface area contributed by atoms with Crippen molar-refractivity contribution in [3.63, 3.8) is 0 Å². The Morgan fingerprint density at radius 2 is 1.89 bits per heavy atom. The van der Waals surface area contributed by atoms with Crippen LogP contribution in [0.4, 0.5) is 10.1 Å². The fourth-order valence-corrected chi connectivity index (χ4v) is 3.48. The number of esters is 1. The van der Waals surface area contributed by atoms with Crippen LogP contribution in [0.3, 0.4) is 0 Å². The lowest BCUT2D eigenvalue weighted by Crippen LogP contribution is -2.34. The molecule has 1 aromatic heterocycles. The molecule has 27 heavy (non-hydrogen) atoms. The van der Waals surface area contributed by atoms with Crippen molar-refractivity contribution >= 4 is 27.6 Å². The zero-order chi connectivity index (χ0) is 20.2. The van der Waals surface area contributed by atoms with Crippen LogP contribution in [0.1, 0.15) is 17.4 Å². The number of hydrogen-bond donors (Lipinski definition) is 1. The van der Waals surface area contributed by atoms with E-state index < -0.39 is 34.3 Å². The molecule has 8 nitrogen and oxygen atoms in total. The molecule has 0 saturated carbocycles. The number of hydrogen-bond acceptors (Lipinski definition) is 5. The van der Waals surface area contributed by atoms with Crippen LogP contribution in [0.2, 0.25) is 0 Å². The van der Waals surface area contributed by atoms with Gasteiger partial charge in [0, 0.05) is 26.0 Å². The van der Waals surface area contributed by atoms with E-state index in [-0.39, 0.29) is 17.2 Å². The van der Waals surface area contributed by atoms with Gasteiger partial charge in [0.25, 0.3) is 0 Å². The number of anilines is 1. The minimum Gasteiger partial charge on any atom is -0.461 e. The molecule has 1 aromatic carbocycles. The molecule has 0 aliphatic rings. The van der Waals surface area contributed by atoms with Crippen molar-refractivity contribution in [1.82, 2.24) is 8.87 Å². The number of benzene rings is 1. The Morgan fingerprint density at radius 1 is 1.26 bits per heavy atom. The number of nitrogens with one attached hydrogen (secondary N) is 1. The molecule has 2 rings (SSSR count). The van der Waals surface area contributed by atoms with Crippen LogP contribution in [0.5, 0.6) is 0 Å². The largest absolute Gasteiger partial charge is 0.461 e. The Balaban J connectivity index is 2.11. The number of ether oxygens (including phenoxy) is 1. The number of rotatable bonds is 7. The maximum absolute atomic E-state index is 12.9. The lowest BCUT2D eigenvalue weighted by Gasteiger charge is -2.16.